The molecule has 0 aliphatic rings. The van der Waals surface area contributed by atoms with Crippen molar-refractivity contribution in [2.24, 2.45) is 0 Å². The molecule has 1 aromatic heterocycles. The second-order valence-electron chi connectivity index (χ2n) is 4.46. The smallest absolute Gasteiger partial charge is 0.177 e. The molecule has 0 saturated heterocycles. The van der Waals surface area contributed by atoms with Gasteiger partial charge in [-0.2, -0.15) is 0 Å². The zero-order valence-electron chi connectivity index (χ0n) is 11.6. The lowest BCUT2D eigenvalue weighted by atomic mass is 10.3. The van der Waals surface area contributed by atoms with Crippen LogP contribution < -0.4 is 15.4 Å². The van der Waals surface area contributed by atoms with Crippen molar-refractivity contribution < 1.29 is 9.53 Å². The molecule has 1 aromatic rings. The number of rotatable bonds is 6. The van der Waals surface area contributed by atoms with E-state index in [-0.39, 0.29) is 5.78 Å². The first-order valence-electron chi connectivity index (χ1n) is 5.71. The maximum Gasteiger partial charge on any atom is 0.177 e. The molecular weight excluding hydrogens is 250 g/mol. The first kappa shape index (κ1) is 14.8. The van der Waals surface area contributed by atoms with Crippen LogP contribution >= 0.6 is 11.3 Å². The number of nitrogens with two attached hydrogens (primary N) is 1. The molecule has 0 bridgehead atoms. The number of Topliss-reactive ketones (excluding diaryl/α,β-unsaturated/α-hetero) is 1. The van der Waals surface area contributed by atoms with E-state index in [1.54, 1.807) is 7.11 Å². The Balaban J connectivity index is 3.00. The zero-order chi connectivity index (χ0) is 13.9. The van der Waals surface area contributed by atoms with Gasteiger partial charge in [-0.05, 0) is 14.1 Å². The van der Waals surface area contributed by atoms with Crippen molar-refractivity contribution in [2.45, 2.75) is 6.92 Å². The Kier molecular flexibility index (Phi) is 4.98. The predicted molar refractivity (Wildman–Crippen MR) is 77.1 cm³/mol. The number of anilines is 2. The largest absolute Gasteiger partial charge is 0.492 e. The minimum atomic E-state index is -0.0249. The number of methoxy groups -OCH3 is 1. The fourth-order valence-corrected chi connectivity index (χ4v) is 2.65. The summed E-state index contributed by atoms with van der Waals surface area (Å²) in [5.41, 5.74) is 6.38. The van der Waals surface area contributed by atoms with Crippen molar-refractivity contribution in [1.82, 2.24) is 4.90 Å². The standard InChI is InChI=1S/C12H21N3O2S/c1-8(16)11-9(13)10(17-5)12(18-11)15(4)7-6-14(2)3/h6-7,13H2,1-5H3. The van der Waals surface area contributed by atoms with Crippen LogP contribution in [-0.4, -0.2) is 52.0 Å². The fourth-order valence-electron chi connectivity index (χ4n) is 1.58. The summed E-state index contributed by atoms with van der Waals surface area (Å²) >= 11 is 1.39. The Labute approximate surface area is 112 Å². The Hall–Kier alpha value is -1.27. The number of hydrogen-bond acceptors (Lipinski definition) is 6. The highest BCUT2D eigenvalue weighted by Gasteiger charge is 2.21. The highest BCUT2D eigenvalue weighted by molar-refractivity contribution is 7.19. The lowest BCUT2D eigenvalue weighted by molar-refractivity contribution is 0.102. The van der Waals surface area contributed by atoms with Gasteiger partial charge in [0.25, 0.3) is 0 Å². The molecule has 102 valence electrons. The van der Waals surface area contributed by atoms with Crippen molar-refractivity contribution in [1.29, 1.82) is 0 Å². The van der Waals surface area contributed by atoms with Crippen LogP contribution in [0.5, 0.6) is 5.75 Å². The molecule has 1 heterocycles. The van der Waals surface area contributed by atoms with E-state index in [2.05, 4.69) is 9.80 Å². The number of ketones is 1. The van der Waals surface area contributed by atoms with Gasteiger partial charge in [0.15, 0.2) is 11.5 Å². The quantitative estimate of drug-likeness (QED) is 0.795. The average molecular weight is 271 g/mol. The summed E-state index contributed by atoms with van der Waals surface area (Å²) in [4.78, 5) is 16.2. The van der Waals surface area contributed by atoms with Gasteiger partial charge in [-0.1, -0.05) is 0 Å². The van der Waals surface area contributed by atoms with Gasteiger partial charge in [0, 0.05) is 27.1 Å². The Morgan fingerprint density at radius 1 is 1.33 bits per heavy atom. The van der Waals surface area contributed by atoms with E-state index in [0.717, 1.165) is 18.1 Å². The van der Waals surface area contributed by atoms with Crippen LogP contribution in [-0.2, 0) is 0 Å². The molecule has 0 saturated carbocycles. The van der Waals surface area contributed by atoms with Gasteiger partial charge in [-0.25, -0.2) is 0 Å². The van der Waals surface area contributed by atoms with Crippen molar-refractivity contribution in [3.63, 3.8) is 0 Å². The molecule has 6 heteroatoms. The summed E-state index contributed by atoms with van der Waals surface area (Å²) in [6.45, 7) is 3.29. The SMILES string of the molecule is COc1c(N(C)CCN(C)C)sc(C(C)=O)c1N. The predicted octanol–water partition coefficient (Wildman–Crippen LogP) is 1.54. The molecule has 0 aliphatic carbocycles. The van der Waals surface area contributed by atoms with Gasteiger partial charge < -0.3 is 20.3 Å². The molecule has 18 heavy (non-hydrogen) atoms. The third-order valence-corrected chi connectivity index (χ3v) is 4.04. The molecule has 0 amide bonds. The number of nitrogen functional groups attached to an aromatic ring is 1. The second-order valence-corrected chi connectivity index (χ2v) is 5.46. The zero-order valence-corrected chi connectivity index (χ0v) is 12.4. The summed E-state index contributed by atoms with van der Waals surface area (Å²) in [5.74, 6) is 0.578. The topological polar surface area (TPSA) is 58.8 Å². The number of ether oxygens (including phenoxy) is 1. The van der Waals surface area contributed by atoms with Crippen LogP contribution in [0.3, 0.4) is 0 Å². The number of carbonyl (C=O) groups is 1. The summed E-state index contributed by atoms with van der Waals surface area (Å²) in [6, 6.07) is 0. The van der Waals surface area contributed by atoms with Gasteiger partial charge >= 0.3 is 0 Å². The van der Waals surface area contributed by atoms with Crippen LogP contribution in [0.1, 0.15) is 16.6 Å². The van der Waals surface area contributed by atoms with E-state index in [0.29, 0.717) is 16.3 Å². The number of likely N-dealkylation sites (N-methyl/N-ethyl adjacent to an activating group) is 2. The van der Waals surface area contributed by atoms with E-state index in [9.17, 15) is 4.79 Å². The van der Waals surface area contributed by atoms with Crippen molar-refractivity contribution in [3.05, 3.63) is 4.88 Å². The molecule has 0 spiro atoms. The van der Waals surface area contributed by atoms with Crippen LogP contribution in [0.25, 0.3) is 0 Å². The van der Waals surface area contributed by atoms with Gasteiger partial charge in [-0.15, -0.1) is 11.3 Å². The van der Waals surface area contributed by atoms with Gasteiger partial charge in [0.2, 0.25) is 0 Å². The summed E-state index contributed by atoms with van der Waals surface area (Å²) in [7, 11) is 7.59. The molecule has 0 unspecified atom stereocenters. The van der Waals surface area contributed by atoms with Crippen LogP contribution in [0.4, 0.5) is 10.7 Å². The molecule has 0 fully saturated rings. The summed E-state index contributed by atoms with van der Waals surface area (Å²) in [5, 5.41) is 0.905. The Morgan fingerprint density at radius 3 is 2.39 bits per heavy atom. The van der Waals surface area contributed by atoms with Crippen molar-refractivity contribution in [3.8, 4) is 5.75 Å². The minimum Gasteiger partial charge on any atom is -0.492 e. The molecule has 1 rings (SSSR count). The molecule has 2 N–H and O–H groups in total. The normalized spacial score (nSPS) is 10.8. The number of thiophene rings is 1. The van der Waals surface area contributed by atoms with Gasteiger partial charge in [0.1, 0.15) is 5.00 Å². The lowest BCUT2D eigenvalue weighted by Gasteiger charge is -2.20. The van der Waals surface area contributed by atoms with Crippen LogP contribution in [0, 0.1) is 0 Å². The van der Waals surface area contributed by atoms with Gasteiger partial charge in [0.05, 0.1) is 17.7 Å². The van der Waals surface area contributed by atoms with Crippen molar-refractivity contribution in [2.75, 3.05) is 52.0 Å². The van der Waals surface area contributed by atoms with E-state index in [1.807, 2.05) is 21.1 Å². The molecule has 0 aromatic carbocycles. The molecule has 0 aliphatic heterocycles. The highest BCUT2D eigenvalue weighted by atomic mass is 32.1. The fraction of sp³-hybridized carbons (Fsp3) is 0.583. The number of nitrogens with zero attached hydrogens (tertiary/aromatic N) is 2. The number of carbonyl (C=O) groups excluding carboxylic acids is 1. The van der Waals surface area contributed by atoms with E-state index in [4.69, 9.17) is 10.5 Å². The second kappa shape index (κ2) is 6.06. The first-order valence-corrected chi connectivity index (χ1v) is 6.53. The number of hydrogen-bond donors (Lipinski definition) is 1. The van der Waals surface area contributed by atoms with Crippen molar-refractivity contribution >= 4 is 27.8 Å². The maximum atomic E-state index is 11.5. The third kappa shape index (κ3) is 3.14. The van der Waals surface area contributed by atoms with E-state index >= 15 is 0 Å². The highest BCUT2D eigenvalue weighted by Crippen LogP contribution is 2.44. The Morgan fingerprint density at radius 2 is 1.94 bits per heavy atom. The van der Waals surface area contributed by atoms with Crippen LogP contribution in [0.15, 0.2) is 0 Å². The molecular formula is C12H21N3O2S. The molecule has 0 radical (unpaired) electrons. The maximum absolute atomic E-state index is 11.5. The monoisotopic (exact) mass is 271 g/mol. The van der Waals surface area contributed by atoms with Crippen LogP contribution in [0.2, 0.25) is 0 Å². The molecule has 0 atom stereocenters. The first-order chi connectivity index (χ1) is 8.38. The average Bonchev–Trinajstić information content (AvgIpc) is 2.63. The van der Waals surface area contributed by atoms with E-state index in [1.165, 1.54) is 18.3 Å². The molecule has 5 nitrogen and oxygen atoms in total. The minimum absolute atomic E-state index is 0.0249. The Bertz CT molecular complexity index is 429. The lowest BCUT2D eigenvalue weighted by Crippen LogP contribution is -2.28. The third-order valence-electron chi connectivity index (χ3n) is 2.64. The summed E-state index contributed by atoms with van der Waals surface area (Å²) in [6.07, 6.45) is 0. The summed E-state index contributed by atoms with van der Waals surface area (Å²) < 4.78 is 5.31. The van der Waals surface area contributed by atoms with Gasteiger partial charge in [-0.3, -0.25) is 4.79 Å². The van der Waals surface area contributed by atoms with E-state index < -0.39 is 0 Å².